The number of H-pyrrole nitrogens is 1. The van der Waals surface area contributed by atoms with Crippen LogP contribution in [0.15, 0.2) is 10.5 Å². The molecule has 4 nitrogen and oxygen atoms in total. The molecule has 0 saturated carbocycles. The number of nitrogen functional groups attached to an aromatic ring is 1. The average Bonchev–Trinajstić information content (AvgIpc) is 2.48. The average molecular weight is 247 g/mol. The standard InChI is InChI=1S/C6H4BrClN4/c7-2-1-3(9)4(8)6-5(2)10-12-11-6/h1H,9H2,(H,10,11,12). The normalized spacial score (nSPS) is 10.8. The van der Waals surface area contributed by atoms with Crippen LogP contribution in [0.3, 0.4) is 0 Å². The minimum absolute atomic E-state index is 0.432. The first-order valence-corrected chi connectivity index (χ1v) is 4.31. The number of nitrogens with two attached hydrogens (primary N) is 1. The van der Waals surface area contributed by atoms with E-state index in [2.05, 4.69) is 31.3 Å². The maximum absolute atomic E-state index is 5.87. The molecule has 0 radical (unpaired) electrons. The molecule has 0 amide bonds. The fourth-order valence-corrected chi connectivity index (χ4v) is 1.66. The van der Waals surface area contributed by atoms with Crippen LogP contribution in [-0.2, 0) is 0 Å². The highest BCUT2D eigenvalue weighted by atomic mass is 79.9. The van der Waals surface area contributed by atoms with E-state index in [-0.39, 0.29) is 0 Å². The molecule has 0 aliphatic rings. The van der Waals surface area contributed by atoms with Crippen molar-refractivity contribution in [3.05, 3.63) is 15.6 Å². The Hall–Kier alpha value is -0.810. The molecule has 0 bridgehead atoms. The first-order chi connectivity index (χ1) is 5.70. The van der Waals surface area contributed by atoms with Crippen LogP contribution in [0.2, 0.25) is 5.02 Å². The first-order valence-electron chi connectivity index (χ1n) is 3.14. The van der Waals surface area contributed by atoms with Crippen LogP contribution in [0.25, 0.3) is 11.0 Å². The van der Waals surface area contributed by atoms with Gasteiger partial charge in [0.15, 0.2) is 0 Å². The summed E-state index contributed by atoms with van der Waals surface area (Å²) in [4.78, 5) is 0. The predicted molar refractivity (Wildman–Crippen MR) is 51.0 cm³/mol. The Kier molecular flexibility index (Phi) is 1.69. The van der Waals surface area contributed by atoms with Crippen molar-refractivity contribution in [2.45, 2.75) is 0 Å². The molecule has 2 aromatic rings. The van der Waals surface area contributed by atoms with Gasteiger partial charge in [0.25, 0.3) is 0 Å². The van der Waals surface area contributed by atoms with Crippen LogP contribution < -0.4 is 5.73 Å². The second kappa shape index (κ2) is 2.60. The predicted octanol–water partition coefficient (Wildman–Crippen LogP) is 1.96. The van der Waals surface area contributed by atoms with Crippen molar-refractivity contribution in [2.24, 2.45) is 0 Å². The zero-order valence-corrected chi connectivity index (χ0v) is 8.15. The molecule has 12 heavy (non-hydrogen) atoms. The molecule has 1 aromatic carbocycles. The van der Waals surface area contributed by atoms with Gasteiger partial charge < -0.3 is 5.73 Å². The van der Waals surface area contributed by atoms with Gasteiger partial charge in [0.05, 0.1) is 10.7 Å². The smallest absolute Gasteiger partial charge is 0.134 e. The number of aromatic amines is 1. The molecule has 1 heterocycles. The zero-order valence-electron chi connectivity index (χ0n) is 5.81. The summed E-state index contributed by atoms with van der Waals surface area (Å²) in [6.45, 7) is 0. The van der Waals surface area contributed by atoms with Crippen LogP contribution in [0.4, 0.5) is 5.69 Å². The lowest BCUT2D eigenvalue weighted by molar-refractivity contribution is 0.959. The van der Waals surface area contributed by atoms with Crippen molar-refractivity contribution in [2.75, 3.05) is 5.73 Å². The number of hydrogen-bond acceptors (Lipinski definition) is 3. The molecule has 2 rings (SSSR count). The maximum Gasteiger partial charge on any atom is 0.134 e. The van der Waals surface area contributed by atoms with Crippen molar-refractivity contribution < 1.29 is 0 Å². The van der Waals surface area contributed by atoms with Crippen LogP contribution in [-0.4, -0.2) is 15.4 Å². The van der Waals surface area contributed by atoms with Gasteiger partial charge in [-0.2, -0.15) is 15.4 Å². The molecule has 0 unspecified atom stereocenters. The van der Waals surface area contributed by atoms with Gasteiger partial charge in [0.1, 0.15) is 11.0 Å². The molecule has 0 aliphatic carbocycles. The Morgan fingerprint density at radius 3 is 2.83 bits per heavy atom. The summed E-state index contributed by atoms with van der Waals surface area (Å²) in [7, 11) is 0. The first kappa shape index (κ1) is 7.82. The van der Waals surface area contributed by atoms with Crippen molar-refractivity contribution >= 4 is 44.3 Å². The number of anilines is 1. The van der Waals surface area contributed by atoms with Gasteiger partial charge in [-0.1, -0.05) is 11.6 Å². The fourth-order valence-electron chi connectivity index (χ4n) is 0.955. The van der Waals surface area contributed by atoms with E-state index in [9.17, 15) is 0 Å². The quantitative estimate of drug-likeness (QED) is 0.699. The maximum atomic E-state index is 5.87. The van der Waals surface area contributed by atoms with Gasteiger partial charge in [-0.25, -0.2) is 0 Å². The third-order valence-corrected chi connectivity index (χ3v) is 2.52. The molecule has 0 saturated heterocycles. The molecule has 0 aliphatic heterocycles. The number of fused-ring (bicyclic) bond motifs is 1. The van der Waals surface area contributed by atoms with E-state index in [1.807, 2.05) is 0 Å². The lowest BCUT2D eigenvalue weighted by Crippen LogP contribution is -1.87. The number of aromatic nitrogens is 3. The Labute approximate surface area is 81.2 Å². The summed E-state index contributed by atoms with van der Waals surface area (Å²) in [6, 6.07) is 1.70. The van der Waals surface area contributed by atoms with E-state index in [0.717, 1.165) is 4.47 Å². The largest absolute Gasteiger partial charge is 0.397 e. The van der Waals surface area contributed by atoms with Gasteiger partial charge in [-0.3, -0.25) is 0 Å². The Morgan fingerprint density at radius 1 is 1.42 bits per heavy atom. The second-order valence-electron chi connectivity index (χ2n) is 2.28. The van der Waals surface area contributed by atoms with Crippen molar-refractivity contribution in [1.29, 1.82) is 0 Å². The number of halogens is 2. The molecule has 0 atom stereocenters. The highest BCUT2D eigenvalue weighted by Gasteiger charge is 2.10. The second-order valence-corrected chi connectivity index (χ2v) is 3.51. The molecule has 0 fully saturated rings. The van der Waals surface area contributed by atoms with Gasteiger partial charge >= 0.3 is 0 Å². The van der Waals surface area contributed by atoms with Crippen LogP contribution >= 0.6 is 27.5 Å². The summed E-state index contributed by atoms with van der Waals surface area (Å²) in [5.41, 5.74) is 7.37. The number of hydrogen-bond donors (Lipinski definition) is 2. The lowest BCUT2D eigenvalue weighted by atomic mass is 10.3. The summed E-state index contributed by atoms with van der Waals surface area (Å²) in [5, 5.41) is 10.7. The summed E-state index contributed by atoms with van der Waals surface area (Å²) in [6.07, 6.45) is 0. The number of nitrogens with one attached hydrogen (secondary N) is 1. The Morgan fingerprint density at radius 2 is 2.08 bits per heavy atom. The van der Waals surface area contributed by atoms with Crippen LogP contribution in [0, 0.1) is 0 Å². The van der Waals surface area contributed by atoms with E-state index >= 15 is 0 Å². The Balaban J connectivity index is 2.97. The van der Waals surface area contributed by atoms with E-state index in [0.29, 0.717) is 21.7 Å². The zero-order chi connectivity index (χ0) is 8.72. The summed E-state index contributed by atoms with van der Waals surface area (Å²) < 4.78 is 0.785. The van der Waals surface area contributed by atoms with Crippen molar-refractivity contribution in [1.82, 2.24) is 15.4 Å². The lowest BCUT2D eigenvalue weighted by Gasteiger charge is -1.98. The van der Waals surface area contributed by atoms with E-state index < -0.39 is 0 Å². The van der Waals surface area contributed by atoms with Gasteiger partial charge in [0, 0.05) is 4.47 Å². The number of rotatable bonds is 0. The topological polar surface area (TPSA) is 67.6 Å². The summed E-state index contributed by atoms with van der Waals surface area (Å²) >= 11 is 9.17. The van der Waals surface area contributed by atoms with Crippen molar-refractivity contribution in [3.8, 4) is 0 Å². The van der Waals surface area contributed by atoms with Gasteiger partial charge in [-0.15, -0.1) is 0 Å². The van der Waals surface area contributed by atoms with Crippen LogP contribution in [0.5, 0.6) is 0 Å². The van der Waals surface area contributed by atoms with Crippen LogP contribution in [0.1, 0.15) is 0 Å². The van der Waals surface area contributed by atoms with Gasteiger partial charge in [0.2, 0.25) is 0 Å². The fraction of sp³-hybridized carbons (Fsp3) is 0. The summed E-state index contributed by atoms with van der Waals surface area (Å²) in [5.74, 6) is 0. The minimum Gasteiger partial charge on any atom is -0.397 e. The van der Waals surface area contributed by atoms with E-state index in [1.165, 1.54) is 0 Å². The van der Waals surface area contributed by atoms with Gasteiger partial charge in [-0.05, 0) is 22.0 Å². The number of benzene rings is 1. The monoisotopic (exact) mass is 246 g/mol. The molecule has 62 valence electrons. The van der Waals surface area contributed by atoms with E-state index in [1.54, 1.807) is 6.07 Å². The highest BCUT2D eigenvalue weighted by molar-refractivity contribution is 9.10. The minimum atomic E-state index is 0.432. The molecule has 3 N–H and O–H groups in total. The molecule has 0 spiro atoms. The molecule has 6 heteroatoms. The van der Waals surface area contributed by atoms with Crippen molar-refractivity contribution in [3.63, 3.8) is 0 Å². The molecular formula is C6H4BrClN4. The van der Waals surface area contributed by atoms with E-state index in [4.69, 9.17) is 17.3 Å². The SMILES string of the molecule is Nc1cc(Br)c2n[nH]nc2c1Cl. The third kappa shape index (κ3) is 0.971. The molecular weight excluding hydrogens is 243 g/mol. The highest BCUT2D eigenvalue weighted by Crippen LogP contribution is 2.31. The number of nitrogens with zero attached hydrogens (tertiary/aromatic N) is 2. The third-order valence-electron chi connectivity index (χ3n) is 1.52. The molecule has 1 aromatic heterocycles. The Bertz CT molecular complexity index is 438.